The molecule has 1 aromatic carbocycles. The second-order valence-electron chi connectivity index (χ2n) is 7.21. The number of hydrogen-bond donors (Lipinski definition) is 1. The predicted octanol–water partition coefficient (Wildman–Crippen LogP) is 1.92. The van der Waals surface area contributed by atoms with Crippen molar-refractivity contribution < 1.29 is 18.5 Å². The predicted molar refractivity (Wildman–Crippen MR) is 103 cm³/mol. The normalized spacial score (nSPS) is 19.9. The Labute approximate surface area is 170 Å². The van der Waals surface area contributed by atoms with Crippen LogP contribution < -0.4 is 5.32 Å². The Hall–Kier alpha value is -2.88. The summed E-state index contributed by atoms with van der Waals surface area (Å²) in [7, 11) is 0. The first kappa shape index (κ1) is 18.2. The third kappa shape index (κ3) is 3.59. The molecule has 2 fully saturated rings. The highest BCUT2D eigenvalue weighted by molar-refractivity contribution is 7.99. The molecule has 0 saturated carbocycles. The van der Waals surface area contributed by atoms with E-state index in [0.29, 0.717) is 42.2 Å². The number of hydrogen-bond acceptors (Lipinski definition) is 8. The molecule has 0 spiro atoms. The summed E-state index contributed by atoms with van der Waals surface area (Å²) in [5, 5.41) is 7.30. The van der Waals surface area contributed by atoms with E-state index in [0.717, 1.165) is 18.4 Å². The van der Waals surface area contributed by atoms with E-state index in [9.17, 15) is 9.59 Å². The molecular weight excluding hydrogens is 394 g/mol. The van der Waals surface area contributed by atoms with Crippen LogP contribution in [0.2, 0.25) is 0 Å². The largest absolute Gasteiger partial charge is 0.431 e. The van der Waals surface area contributed by atoms with Crippen LogP contribution in [-0.4, -0.2) is 57.2 Å². The Kier molecular flexibility index (Phi) is 4.70. The van der Waals surface area contributed by atoms with Crippen molar-refractivity contribution >= 4 is 34.7 Å². The lowest BCUT2D eigenvalue weighted by molar-refractivity contribution is -0.133. The lowest BCUT2D eigenvalue weighted by Gasteiger charge is -2.36. The number of nitrogens with zero attached hydrogens (tertiary/aromatic N) is 4. The van der Waals surface area contributed by atoms with Crippen molar-refractivity contribution in [2.75, 3.05) is 25.4 Å². The van der Waals surface area contributed by atoms with E-state index >= 15 is 0 Å². The zero-order valence-electron chi connectivity index (χ0n) is 15.5. The van der Waals surface area contributed by atoms with Crippen molar-refractivity contribution in [3.8, 4) is 0 Å². The van der Waals surface area contributed by atoms with Crippen LogP contribution in [0.25, 0.3) is 11.1 Å². The lowest BCUT2D eigenvalue weighted by Crippen LogP contribution is -2.49. The van der Waals surface area contributed by atoms with Gasteiger partial charge in [-0.2, -0.15) is 4.98 Å². The summed E-state index contributed by atoms with van der Waals surface area (Å²) in [4.78, 5) is 34.9. The minimum atomic E-state index is -0.341. The van der Waals surface area contributed by atoms with Crippen molar-refractivity contribution in [2.24, 2.45) is 0 Å². The SMILES string of the molecule is O=C1NCCCC1c1noc(C2CN(C(=O)CSc3nc4ccccc4o3)C2)n1. The first-order valence-electron chi connectivity index (χ1n) is 9.55. The number of fused-ring (bicyclic) bond motifs is 1. The maximum atomic E-state index is 12.4. The van der Waals surface area contributed by atoms with Gasteiger partial charge in [-0.1, -0.05) is 29.1 Å². The Morgan fingerprint density at radius 3 is 2.97 bits per heavy atom. The number of thioether (sulfide) groups is 1. The van der Waals surface area contributed by atoms with Crippen molar-refractivity contribution in [1.29, 1.82) is 0 Å². The molecular formula is C19H19N5O4S. The van der Waals surface area contributed by atoms with Crippen LogP contribution in [0.4, 0.5) is 0 Å². The number of carbonyl (C=O) groups excluding carboxylic acids is 2. The molecule has 2 amide bonds. The number of oxazole rings is 1. The van der Waals surface area contributed by atoms with Gasteiger partial charge in [-0.05, 0) is 25.0 Å². The highest BCUT2D eigenvalue weighted by atomic mass is 32.2. The Morgan fingerprint density at radius 1 is 1.28 bits per heavy atom. The zero-order valence-corrected chi connectivity index (χ0v) is 16.4. The number of likely N-dealkylation sites (tertiary alicyclic amines) is 1. The third-order valence-corrected chi connectivity index (χ3v) is 6.04. The number of rotatable bonds is 5. The summed E-state index contributed by atoms with van der Waals surface area (Å²) < 4.78 is 11.0. The average molecular weight is 413 g/mol. The number of amides is 2. The smallest absolute Gasteiger partial charge is 0.257 e. The summed E-state index contributed by atoms with van der Waals surface area (Å²) in [6.07, 6.45) is 1.64. The molecule has 1 N–H and O–H groups in total. The summed E-state index contributed by atoms with van der Waals surface area (Å²) in [5.74, 6) is 0.831. The molecule has 4 heterocycles. The fourth-order valence-corrected chi connectivity index (χ4v) is 4.28. The maximum Gasteiger partial charge on any atom is 0.257 e. The molecule has 5 rings (SSSR count). The molecule has 1 unspecified atom stereocenters. The van der Waals surface area contributed by atoms with E-state index in [1.54, 1.807) is 4.90 Å². The van der Waals surface area contributed by atoms with Crippen LogP contribution in [-0.2, 0) is 9.59 Å². The average Bonchev–Trinajstić information content (AvgIpc) is 3.32. The van der Waals surface area contributed by atoms with Gasteiger partial charge in [0.05, 0.1) is 11.7 Å². The number of para-hydroxylation sites is 2. The van der Waals surface area contributed by atoms with E-state index in [1.165, 1.54) is 11.8 Å². The van der Waals surface area contributed by atoms with Crippen LogP contribution in [0.5, 0.6) is 0 Å². The molecule has 2 aromatic heterocycles. The van der Waals surface area contributed by atoms with Crippen LogP contribution in [0.3, 0.4) is 0 Å². The van der Waals surface area contributed by atoms with E-state index in [2.05, 4.69) is 20.4 Å². The minimum Gasteiger partial charge on any atom is -0.431 e. The molecule has 2 saturated heterocycles. The molecule has 2 aliphatic heterocycles. The second-order valence-corrected chi connectivity index (χ2v) is 8.14. The molecule has 10 heteroatoms. The zero-order chi connectivity index (χ0) is 19.8. The van der Waals surface area contributed by atoms with E-state index in [4.69, 9.17) is 8.94 Å². The molecule has 150 valence electrons. The highest BCUT2D eigenvalue weighted by Gasteiger charge is 2.37. The monoisotopic (exact) mass is 413 g/mol. The van der Waals surface area contributed by atoms with E-state index < -0.39 is 0 Å². The summed E-state index contributed by atoms with van der Waals surface area (Å²) in [5.41, 5.74) is 1.50. The van der Waals surface area contributed by atoms with Crippen molar-refractivity contribution in [2.45, 2.75) is 29.9 Å². The number of nitrogens with one attached hydrogen (secondary N) is 1. The third-order valence-electron chi connectivity index (χ3n) is 5.23. The number of benzene rings is 1. The number of piperidine rings is 1. The van der Waals surface area contributed by atoms with E-state index in [1.807, 2.05) is 24.3 Å². The fraction of sp³-hybridized carbons (Fsp3) is 0.421. The summed E-state index contributed by atoms with van der Waals surface area (Å²) in [6.45, 7) is 1.76. The van der Waals surface area contributed by atoms with Gasteiger partial charge < -0.3 is 19.2 Å². The number of aromatic nitrogens is 3. The van der Waals surface area contributed by atoms with Crippen LogP contribution in [0, 0.1) is 0 Å². The summed E-state index contributed by atoms with van der Waals surface area (Å²) in [6, 6.07) is 7.51. The topological polar surface area (TPSA) is 114 Å². The Balaban J connectivity index is 1.14. The quantitative estimate of drug-likeness (QED) is 0.631. The summed E-state index contributed by atoms with van der Waals surface area (Å²) >= 11 is 1.29. The second kappa shape index (κ2) is 7.51. The van der Waals surface area contributed by atoms with Crippen LogP contribution in [0.1, 0.15) is 36.4 Å². The molecule has 3 aromatic rings. The highest BCUT2D eigenvalue weighted by Crippen LogP contribution is 2.30. The standard InChI is InChI=1S/C19H19N5O4S/c25-15(10-29-19-21-13-5-1-2-6-14(13)27-19)24-8-11(9-24)18-22-16(23-28-18)12-4-3-7-20-17(12)26/h1-2,5-6,11-12H,3-4,7-10H2,(H,20,26). The van der Waals surface area contributed by atoms with Gasteiger partial charge in [0.2, 0.25) is 17.7 Å². The molecule has 0 aliphatic carbocycles. The number of carbonyl (C=O) groups is 2. The minimum absolute atomic E-state index is 0.0138. The molecule has 0 radical (unpaired) electrons. The van der Waals surface area contributed by atoms with Gasteiger partial charge in [0, 0.05) is 19.6 Å². The Bertz CT molecular complexity index is 1020. The Morgan fingerprint density at radius 2 is 2.14 bits per heavy atom. The lowest BCUT2D eigenvalue weighted by atomic mass is 9.97. The van der Waals surface area contributed by atoms with Crippen molar-refractivity contribution in [3.63, 3.8) is 0 Å². The van der Waals surface area contributed by atoms with E-state index in [-0.39, 0.29) is 29.4 Å². The van der Waals surface area contributed by atoms with Gasteiger partial charge >= 0.3 is 0 Å². The molecule has 9 nitrogen and oxygen atoms in total. The molecule has 1 atom stereocenters. The van der Waals surface area contributed by atoms with Gasteiger partial charge in [0.15, 0.2) is 11.4 Å². The van der Waals surface area contributed by atoms with Gasteiger partial charge in [0.1, 0.15) is 11.4 Å². The van der Waals surface area contributed by atoms with Crippen LogP contribution >= 0.6 is 11.8 Å². The first-order valence-corrected chi connectivity index (χ1v) is 10.5. The first-order chi connectivity index (χ1) is 14.2. The van der Waals surface area contributed by atoms with Gasteiger partial charge in [-0.3, -0.25) is 9.59 Å². The van der Waals surface area contributed by atoms with Gasteiger partial charge in [-0.15, -0.1) is 0 Å². The van der Waals surface area contributed by atoms with Crippen molar-refractivity contribution in [1.82, 2.24) is 25.3 Å². The van der Waals surface area contributed by atoms with Crippen LogP contribution in [0.15, 0.2) is 38.4 Å². The maximum absolute atomic E-state index is 12.4. The fourth-order valence-electron chi connectivity index (χ4n) is 3.54. The molecule has 2 aliphatic rings. The molecule has 29 heavy (non-hydrogen) atoms. The van der Waals surface area contributed by atoms with Gasteiger partial charge in [-0.25, -0.2) is 4.98 Å². The van der Waals surface area contributed by atoms with Crippen molar-refractivity contribution in [3.05, 3.63) is 36.0 Å². The molecule has 0 bridgehead atoms. The van der Waals surface area contributed by atoms with Gasteiger partial charge in [0.25, 0.3) is 5.22 Å².